The molecule has 9 heteroatoms. The summed E-state index contributed by atoms with van der Waals surface area (Å²) in [7, 11) is 0. The van der Waals surface area contributed by atoms with Gasteiger partial charge in [-0.25, -0.2) is 0 Å². The topological polar surface area (TPSA) is 69.1 Å². The van der Waals surface area contributed by atoms with E-state index in [2.05, 4.69) is 32.2 Å². The predicted octanol–water partition coefficient (Wildman–Crippen LogP) is 3.23. The van der Waals surface area contributed by atoms with Gasteiger partial charge >= 0.3 is 6.61 Å². The maximum Gasteiger partial charge on any atom is 0.387 e. The highest BCUT2D eigenvalue weighted by Crippen LogP contribution is 2.19. The lowest BCUT2D eigenvalue weighted by atomic mass is 9.98. The van der Waals surface area contributed by atoms with E-state index in [1.807, 2.05) is 6.92 Å². The Kier molecular flexibility index (Phi) is 12.4. The zero-order chi connectivity index (χ0) is 20.4. The smallest absolute Gasteiger partial charge is 0.387 e. The minimum absolute atomic E-state index is 0. The highest BCUT2D eigenvalue weighted by atomic mass is 127. The zero-order valence-corrected chi connectivity index (χ0v) is 19.4. The number of aliphatic hydroxyl groups is 1. The fourth-order valence-electron chi connectivity index (χ4n) is 3.34. The van der Waals surface area contributed by atoms with E-state index in [9.17, 15) is 13.9 Å². The Labute approximate surface area is 189 Å². The fraction of sp³-hybridized carbons (Fsp3) is 0.650. The van der Waals surface area contributed by atoms with Gasteiger partial charge in [0.2, 0.25) is 0 Å². The highest BCUT2D eigenvalue weighted by molar-refractivity contribution is 14.0. The van der Waals surface area contributed by atoms with Crippen molar-refractivity contribution in [1.29, 1.82) is 0 Å². The van der Waals surface area contributed by atoms with Gasteiger partial charge in [-0.1, -0.05) is 19.1 Å². The third-order valence-electron chi connectivity index (χ3n) is 4.87. The summed E-state index contributed by atoms with van der Waals surface area (Å²) >= 11 is 0. The van der Waals surface area contributed by atoms with E-state index in [1.165, 1.54) is 31.5 Å². The van der Waals surface area contributed by atoms with Gasteiger partial charge in [-0.05, 0) is 56.5 Å². The molecule has 0 saturated carbocycles. The number of halogens is 3. The number of rotatable bonds is 9. The number of aliphatic hydroxyl groups excluding tert-OH is 1. The van der Waals surface area contributed by atoms with Crippen molar-refractivity contribution in [2.24, 2.45) is 10.9 Å². The molecular formula is C20H33F2IN4O2. The number of ether oxygens (including phenoxy) is 1. The van der Waals surface area contributed by atoms with Crippen LogP contribution in [0.4, 0.5) is 8.78 Å². The van der Waals surface area contributed by atoms with Crippen LogP contribution in [-0.2, 0) is 0 Å². The molecule has 3 N–H and O–H groups in total. The van der Waals surface area contributed by atoms with E-state index in [-0.39, 0.29) is 36.3 Å². The Morgan fingerprint density at radius 3 is 2.62 bits per heavy atom. The van der Waals surface area contributed by atoms with Gasteiger partial charge in [-0.15, -0.1) is 24.0 Å². The molecule has 6 nitrogen and oxygen atoms in total. The van der Waals surface area contributed by atoms with Crippen LogP contribution in [0.25, 0.3) is 0 Å². The molecule has 0 bridgehead atoms. The number of hydrogen-bond donors (Lipinski definition) is 3. The van der Waals surface area contributed by atoms with Gasteiger partial charge in [0.1, 0.15) is 5.75 Å². The summed E-state index contributed by atoms with van der Waals surface area (Å²) in [6.45, 7) is 6.43. The van der Waals surface area contributed by atoms with Gasteiger partial charge in [-0.3, -0.25) is 4.99 Å². The van der Waals surface area contributed by atoms with E-state index in [0.717, 1.165) is 26.2 Å². The zero-order valence-electron chi connectivity index (χ0n) is 17.1. The molecule has 1 aliphatic heterocycles. The Morgan fingerprint density at radius 2 is 2.00 bits per heavy atom. The first-order valence-corrected chi connectivity index (χ1v) is 9.99. The van der Waals surface area contributed by atoms with Crippen molar-refractivity contribution in [1.82, 2.24) is 15.5 Å². The number of guanidine groups is 1. The molecule has 1 aromatic carbocycles. The number of nitrogens with zero attached hydrogens (tertiary/aromatic N) is 2. The Bertz CT molecular complexity index is 605. The lowest BCUT2D eigenvalue weighted by Crippen LogP contribution is -2.44. The quantitative estimate of drug-likeness (QED) is 0.262. The Balaban J connectivity index is 0.00000420. The van der Waals surface area contributed by atoms with Crippen LogP contribution in [0.2, 0.25) is 0 Å². The molecule has 0 amide bonds. The lowest BCUT2D eigenvalue weighted by Gasteiger charge is -2.32. The number of hydrogen-bond acceptors (Lipinski definition) is 4. The van der Waals surface area contributed by atoms with E-state index in [4.69, 9.17) is 0 Å². The molecule has 0 radical (unpaired) electrons. The Hall–Kier alpha value is -1.20. The molecule has 2 unspecified atom stereocenters. The van der Waals surface area contributed by atoms with Crippen LogP contribution in [0.5, 0.6) is 5.75 Å². The van der Waals surface area contributed by atoms with Crippen LogP contribution < -0.4 is 15.4 Å². The fourth-order valence-corrected chi connectivity index (χ4v) is 3.34. The van der Waals surface area contributed by atoms with Crippen molar-refractivity contribution in [3.8, 4) is 5.75 Å². The molecule has 2 atom stereocenters. The SMILES string of the molecule is CCNC(=NCC(O)c1ccc(OC(F)F)cc1)NCC1CCCN(CC)C1.I. The summed E-state index contributed by atoms with van der Waals surface area (Å²) in [5, 5.41) is 16.9. The number of piperidine rings is 1. The lowest BCUT2D eigenvalue weighted by molar-refractivity contribution is -0.0498. The second kappa shape index (κ2) is 13.9. The number of nitrogens with one attached hydrogen (secondary N) is 2. The summed E-state index contributed by atoms with van der Waals surface area (Å²) in [5.41, 5.74) is 0.604. The summed E-state index contributed by atoms with van der Waals surface area (Å²) in [4.78, 5) is 6.93. The van der Waals surface area contributed by atoms with Crippen molar-refractivity contribution in [2.45, 2.75) is 39.4 Å². The molecule has 1 saturated heterocycles. The van der Waals surface area contributed by atoms with Gasteiger partial charge in [0, 0.05) is 19.6 Å². The van der Waals surface area contributed by atoms with Crippen molar-refractivity contribution in [3.05, 3.63) is 29.8 Å². The third kappa shape index (κ3) is 9.43. The predicted molar refractivity (Wildman–Crippen MR) is 122 cm³/mol. The largest absolute Gasteiger partial charge is 0.435 e. The first kappa shape index (κ1) is 25.8. The van der Waals surface area contributed by atoms with Gasteiger partial charge in [-0.2, -0.15) is 8.78 Å². The highest BCUT2D eigenvalue weighted by Gasteiger charge is 2.19. The van der Waals surface area contributed by atoms with Gasteiger partial charge in [0.15, 0.2) is 5.96 Å². The van der Waals surface area contributed by atoms with E-state index < -0.39 is 12.7 Å². The first-order valence-electron chi connectivity index (χ1n) is 9.99. The van der Waals surface area contributed by atoms with Crippen LogP contribution in [-0.4, -0.2) is 61.8 Å². The van der Waals surface area contributed by atoms with Crippen LogP contribution in [0.1, 0.15) is 38.4 Å². The third-order valence-corrected chi connectivity index (χ3v) is 4.87. The molecule has 0 aliphatic carbocycles. The summed E-state index contributed by atoms with van der Waals surface area (Å²) in [5.74, 6) is 1.33. The molecule has 0 spiro atoms. The summed E-state index contributed by atoms with van der Waals surface area (Å²) in [6.07, 6.45) is 1.61. The monoisotopic (exact) mass is 526 g/mol. The van der Waals surface area contributed by atoms with Gasteiger partial charge in [0.25, 0.3) is 0 Å². The minimum Gasteiger partial charge on any atom is -0.435 e. The van der Waals surface area contributed by atoms with Crippen molar-refractivity contribution < 1.29 is 18.6 Å². The van der Waals surface area contributed by atoms with Crippen LogP contribution in [0, 0.1) is 5.92 Å². The molecule has 1 fully saturated rings. The van der Waals surface area contributed by atoms with Gasteiger partial charge < -0.3 is 25.4 Å². The summed E-state index contributed by atoms with van der Waals surface area (Å²) < 4.78 is 28.7. The van der Waals surface area contributed by atoms with E-state index in [1.54, 1.807) is 12.1 Å². The summed E-state index contributed by atoms with van der Waals surface area (Å²) in [6, 6.07) is 5.97. The number of alkyl halides is 2. The number of benzene rings is 1. The molecular weight excluding hydrogens is 493 g/mol. The Morgan fingerprint density at radius 1 is 1.28 bits per heavy atom. The van der Waals surface area contributed by atoms with E-state index in [0.29, 0.717) is 17.4 Å². The maximum atomic E-state index is 12.2. The molecule has 1 aromatic rings. The number of likely N-dealkylation sites (tertiary alicyclic amines) is 1. The normalized spacial score (nSPS) is 18.8. The van der Waals surface area contributed by atoms with Crippen molar-refractivity contribution in [2.75, 3.05) is 39.3 Å². The van der Waals surface area contributed by atoms with Crippen LogP contribution >= 0.6 is 24.0 Å². The van der Waals surface area contributed by atoms with E-state index >= 15 is 0 Å². The van der Waals surface area contributed by atoms with Crippen molar-refractivity contribution in [3.63, 3.8) is 0 Å². The molecule has 2 rings (SSSR count). The first-order chi connectivity index (χ1) is 13.5. The molecule has 1 heterocycles. The van der Waals surface area contributed by atoms with Gasteiger partial charge in [0.05, 0.1) is 12.6 Å². The number of aliphatic imine (C=N–C) groups is 1. The average Bonchev–Trinajstić information content (AvgIpc) is 2.70. The second-order valence-electron chi connectivity index (χ2n) is 6.97. The second-order valence-corrected chi connectivity index (χ2v) is 6.97. The molecule has 0 aromatic heterocycles. The van der Waals surface area contributed by atoms with Crippen molar-refractivity contribution >= 4 is 29.9 Å². The molecule has 29 heavy (non-hydrogen) atoms. The standard InChI is InChI=1S/C20H32F2N4O2.HI/c1-3-23-20(24-12-15-6-5-11-26(4-2)14-15)25-13-18(27)16-7-9-17(10-8-16)28-19(21)22;/h7-10,15,18-19,27H,3-6,11-14H2,1-2H3,(H2,23,24,25);1H. The molecule has 166 valence electrons. The minimum atomic E-state index is -2.86. The van der Waals surface area contributed by atoms with Crippen LogP contribution in [0.15, 0.2) is 29.3 Å². The average molecular weight is 526 g/mol. The molecule has 1 aliphatic rings. The van der Waals surface area contributed by atoms with Crippen LogP contribution in [0.3, 0.4) is 0 Å². The maximum absolute atomic E-state index is 12.2.